The number of carbonyl (C=O) groups excluding carboxylic acids is 1. The number of hydrogen-bond donors (Lipinski definition) is 2. The van der Waals surface area contributed by atoms with E-state index in [9.17, 15) is 15.0 Å². The van der Waals surface area contributed by atoms with Crippen LogP contribution in [-0.2, 0) is 21.7 Å². The van der Waals surface area contributed by atoms with Crippen molar-refractivity contribution in [2.45, 2.75) is 48.0 Å². The molecule has 3 aliphatic rings. The van der Waals surface area contributed by atoms with Crippen LogP contribution in [0.5, 0.6) is 11.5 Å². The Balaban J connectivity index is 1.24. The molecule has 1 saturated heterocycles. The summed E-state index contributed by atoms with van der Waals surface area (Å²) in [6.45, 7) is 2.59. The summed E-state index contributed by atoms with van der Waals surface area (Å²) in [5.74, 6) is 1.27. The molecule has 47 heavy (non-hydrogen) atoms. The number of anilines is 3. The number of benzene rings is 4. The van der Waals surface area contributed by atoms with Crippen molar-refractivity contribution >= 4 is 33.0 Å². The highest BCUT2D eigenvalue weighted by Gasteiger charge is 2.64. The highest BCUT2D eigenvalue weighted by molar-refractivity contribution is 8.33. The van der Waals surface area contributed by atoms with E-state index in [0.717, 1.165) is 28.3 Å². The zero-order valence-corrected chi connectivity index (χ0v) is 28.0. The van der Waals surface area contributed by atoms with Crippen LogP contribution in [0.1, 0.15) is 24.5 Å². The molecule has 7 rings (SSSR count). The number of amides is 1. The first-order chi connectivity index (χ1) is 22.7. The molecule has 0 aliphatic carbocycles. The van der Waals surface area contributed by atoms with Gasteiger partial charge in [-0.25, -0.2) is 10.0 Å². The summed E-state index contributed by atoms with van der Waals surface area (Å²) in [7, 11) is 0.203. The van der Waals surface area contributed by atoms with Gasteiger partial charge >= 0.3 is 0 Å². The van der Waals surface area contributed by atoms with E-state index in [1.54, 1.807) is 12.0 Å². The summed E-state index contributed by atoms with van der Waals surface area (Å²) in [4.78, 5) is 18.0. The SMILES string of the molecule is COc1ccc(S(C)(C)[C@@H]2[C@@H](CCO)O[C@@]3(c4ccccc4N(Cc4cccc(N5C(=O)COc6ccccc65)c4)C3O)[C@H]2C)cc1. The molecule has 4 aromatic rings. The summed E-state index contributed by atoms with van der Waals surface area (Å²) in [6.07, 6.45) is 3.88. The van der Waals surface area contributed by atoms with E-state index in [2.05, 4.69) is 37.6 Å². The Morgan fingerprint density at radius 2 is 1.68 bits per heavy atom. The smallest absolute Gasteiger partial charge is 0.269 e. The number of carbonyl (C=O) groups is 1. The van der Waals surface area contributed by atoms with Crippen LogP contribution in [0.15, 0.2) is 102 Å². The van der Waals surface area contributed by atoms with Crippen LogP contribution in [0.2, 0.25) is 0 Å². The largest absolute Gasteiger partial charge is 0.497 e. The average molecular weight is 655 g/mol. The molecule has 2 N–H and O–H groups in total. The van der Waals surface area contributed by atoms with Gasteiger partial charge in [0.1, 0.15) is 17.1 Å². The van der Waals surface area contributed by atoms with Gasteiger partial charge in [0.2, 0.25) is 0 Å². The maximum Gasteiger partial charge on any atom is 0.269 e. The van der Waals surface area contributed by atoms with Crippen molar-refractivity contribution in [2.24, 2.45) is 5.92 Å². The van der Waals surface area contributed by atoms with Crippen molar-refractivity contribution in [1.82, 2.24) is 0 Å². The third-order valence-electron chi connectivity index (χ3n) is 10.2. The van der Waals surface area contributed by atoms with Gasteiger partial charge in [-0.05, 0) is 84.0 Å². The Bertz CT molecular complexity index is 1780. The normalized spacial score (nSPS) is 25.4. The predicted octanol–water partition coefficient (Wildman–Crippen LogP) is 6.20. The molecule has 9 heteroatoms. The lowest BCUT2D eigenvalue weighted by Crippen LogP contribution is -2.48. The molecule has 3 aliphatic heterocycles. The second-order valence-corrected chi connectivity index (χ2v) is 16.8. The van der Waals surface area contributed by atoms with Gasteiger partial charge in [0, 0.05) is 41.3 Å². The Hall–Kier alpha value is -4.02. The highest BCUT2D eigenvalue weighted by atomic mass is 32.3. The van der Waals surface area contributed by atoms with Crippen LogP contribution in [0, 0.1) is 5.92 Å². The number of nitrogens with zero attached hydrogens (tertiary/aromatic N) is 2. The molecule has 8 nitrogen and oxygen atoms in total. The molecule has 3 heterocycles. The Morgan fingerprint density at radius 3 is 2.43 bits per heavy atom. The fourth-order valence-corrected chi connectivity index (χ4v) is 11.3. The molecule has 246 valence electrons. The zero-order valence-electron chi connectivity index (χ0n) is 27.2. The van der Waals surface area contributed by atoms with Gasteiger partial charge in [-0.15, -0.1) is 0 Å². The van der Waals surface area contributed by atoms with Crippen molar-refractivity contribution in [2.75, 3.05) is 42.6 Å². The van der Waals surface area contributed by atoms with Crippen LogP contribution in [0.25, 0.3) is 0 Å². The van der Waals surface area contributed by atoms with Crippen LogP contribution in [0.4, 0.5) is 17.1 Å². The van der Waals surface area contributed by atoms with E-state index >= 15 is 0 Å². The quantitative estimate of drug-likeness (QED) is 0.234. The number of aliphatic hydroxyl groups excluding tert-OH is 2. The van der Waals surface area contributed by atoms with Crippen molar-refractivity contribution in [3.8, 4) is 11.5 Å². The van der Waals surface area contributed by atoms with Gasteiger partial charge in [0.05, 0.1) is 18.9 Å². The van der Waals surface area contributed by atoms with E-state index in [0.29, 0.717) is 24.4 Å². The second-order valence-electron chi connectivity index (χ2n) is 13.0. The molecule has 1 fully saturated rings. The lowest BCUT2D eigenvalue weighted by molar-refractivity contribution is -0.131. The van der Waals surface area contributed by atoms with Gasteiger partial charge in [0.25, 0.3) is 5.91 Å². The third kappa shape index (κ3) is 5.08. The van der Waals surface area contributed by atoms with E-state index in [1.807, 2.05) is 83.8 Å². The molecular weight excluding hydrogens is 612 g/mol. The molecular formula is C38H42N2O6S. The monoisotopic (exact) mass is 654 g/mol. The van der Waals surface area contributed by atoms with E-state index in [-0.39, 0.29) is 36.4 Å². The van der Waals surface area contributed by atoms with E-state index < -0.39 is 21.9 Å². The average Bonchev–Trinajstić information content (AvgIpc) is 3.51. The van der Waals surface area contributed by atoms with Gasteiger partial charge in [-0.2, -0.15) is 0 Å². The zero-order chi connectivity index (χ0) is 32.9. The second kappa shape index (κ2) is 12.2. The lowest BCUT2D eigenvalue weighted by Gasteiger charge is -2.44. The van der Waals surface area contributed by atoms with Crippen molar-refractivity contribution in [3.05, 3.63) is 108 Å². The van der Waals surface area contributed by atoms with Crippen LogP contribution < -0.4 is 19.3 Å². The molecule has 4 aromatic carbocycles. The van der Waals surface area contributed by atoms with Gasteiger partial charge < -0.3 is 29.3 Å². The first kappa shape index (κ1) is 31.6. The number of para-hydroxylation sites is 3. The fraction of sp³-hybridized carbons (Fsp3) is 0.342. The molecule has 0 saturated carbocycles. The van der Waals surface area contributed by atoms with Crippen molar-refractivity contribution in [3.63, 3.8) is 0 Å². The first-order valence-electron chi connectivity index (χ1n) is 16.0. The van der Waals surface area contributed by atoms with Crippen LogP contribution >= 0.6 is 10.0 Å². The molecule has 0 bridgehead atoms. The number of aliphatic hydroxyl groups is 2. The van der Waals surface area contributed by atoms with Crippen LogP contribution in [-0.4, -0.2) is 66.5 Å². The van der Waals surface area contributed by atoms with E-state index in [1.165, 1.54) is 4.90 Å². The Labute approximate surface area is 277 Å². The summed E-state index contributed by atoms with van der Waals surface area (Å²) in [5, 5.41) is 22.7. The molecule has 1 spiro atoms. The minimum absolute atomic E-state index is 0.000261. The molecule has 0 radical (unpaired) electrons. The summed E-state index contributed by atoms with van der Waals surface area (Å²) in [6, 6.07) is 31.8. The van der Waals surface area contributed by atoms with Gasteiger partial charge in [0.15, 0.2) is 12.8 Å². The Kier molecular flexibility index (Phi) is 8.20. The van der Waals surface area contributed by atoms with Crippen molar-refractivity contribution in [1.29, 1.82) is 0 Å². The minimum Gasteiger partial charge on any atom is -0.497 e. The van der Waals surface area contributed by atoms with E-state index in [4.69, 9.17) is 14.2 Å². The number of hydrogen-bond acceptors (Lipinski definition) is 7. The summed E-state index contributed by atoms with van der Waals surface area (Å²) >= 11 is 0. The molecule has 0 aromatic heterocycles. The molecule has 5 atom stereocenters. The minimum atomic E-state index is -1.47. The summed E-state index contributed by atoms with van der Waals surface area (Å²) < 4.78 is 18.2. The Morgan fingerprint density at radius 1 is 0.957 bits per heavy atom. The maximum atomic E-state index is 13.1. The predicted molar refractivity (Wildman–Crippen MR) is 186 cm³/mol. The lowest BCUT2D eigenvalue weighted by atomic mass is 9.82. The number of fused-ring (bicyclic) bond motifs is 3. The number of rotatable bonds is 8. The van der Waals surface area contributed by atoms with Gasteiger partial charge in [-0.3, -0.25) is 9.69 Å². The van der Waals surface area contributed by atoms with Crippen LogP contribution in [0.3, 0.4) is 0 Å². The third-order valence-corrected chi connectivity index (χ3v) is 13.7. The topological polar surface area (TPSA) is 91.7 Å². The summed E-state index contributed by atoms with van der Waals surface area (Å²) in [5.41, 5.74) is 3.30. The molecule has 1 amide bonds. The first-order valence-corrected chi connectivity index (χ1v) is 18.5. The molecule has 1 unspecified atom stereocenters. The standard InChI is InChI=1S/C38H42N2O6S/c1-25-36(47(3,4)29-18-16-28(44-2)17-19-29)34(20-21-41)46-38(25)30-12-5-6-13-31(30)39(37(38)43)23-26-10-9-11-27(22-26)40-32-14-7-8-15-33(32)45-24-35(40)42/h5-19,22,25,34,36-37,41,43H,20-21,23-24H2,1-4H3/t25-,34+,36-,37?,38+/m0/s1. The highest BCUT2D eigenvalue weighted by Crippen LogP contribution is 2.67. The van der Waals surface area contributed by atoms with Gasteiger partial charge in [-0.1, -0.05) is 49.4 Å². The van der Waals surface area contributed by atoms with Crippen molar-refractivity contribution < 1.29 is 29.2 Å². The number of methoxy groups -OCH3 is 1. The maximum absolute atomic E-state index is 13.1. The fourth-order valence-electron chi connectivity index (χ4n) is 8.02. The number of ether oxygens (including phenoxy) is 3.